The number of halogens is 2. The normalized spacial score (nSPS) is 10.5. The first kappa shape index (κ1) is 7.78. The third-order valence-electron chi connectivity index (χ3n) is 0.781. The topological polar surface area (TPSA) is 29.3 Å². The predicted molar refractivity (Wildman–Crippen MR) is 27.2 cm³/mol. The maximum atomic E-state index is 11.2. The molecule has 0 unspecified atom stereocenters. The Morgan fingerprint density at radius 1 is 1.25 bits per heavy atom. The Morgan fingerprint density at radius 2 is 1.88 bits per heavy atom. The largest absolute Gasteiger partial charge is 0.330 e. The van der Waals surface area contributed by atoms with Gasteiger partial charge in [-0.1, -0.05) is 0 Å². The first-order valence-corrected chi connectivity index (χ1v) is 2.56. The van der Waals surface area contributed by atoms with Crippen molar-refractivity contribution in [3.63, 3.8) is 0 Å². The Balaban J connectivity index is 2.72. The molecule has 0 saturated heterocycles. The molecule has 0 saturated carbocycles. The molecule has 2 N–H and O–H groups in total. The van der Waals surface area contributed by atoms with Gasteiger partial charge in [-0.25, -0.2) is 0 Å². The van der Waals surface area contributed by atoms with Crippen molar-refractivity contribution in [1.29, 1.82) is 0 Å². The van der Waals surface area contributed by atoms with Crippen LogP contribution in [-0.2, 0) is 0 Å². The number of hydrogen-bond donors (Lipinski definition) is 1. The smallest absolute Gasteiger partial charge is 0.0620 e. The van der Waals surface area contributed by atoms with Gasteiger partial charge in [-0.3, -0.25) is 0 Å². The van der Waals surface area contributed by atoms with Crippen LogP contribution in [0.2, 0.25) is 0 Å². The van der Waals surface area contributed by atoms with E-state index >= 15 is 0 Å². The van der Waals surface area contributed by atoms with Gasteiger partial charge in [0.05, 0.1) is 6.54 Å². The zero-order valence-corrected chi connectivity index (χ0v) is 4.61. The molecular formula is C4H10F2N2. The lowest BCUT2D eigenvalue weighted by Crippen LogP contribution is -2.06. The van der Waals surface area contributed by atoms with E-state index in [-0.39, 0.29) is 6.54 Å². The zero-order chi connectivity index (χ0) is 6.41. The van der Waals surface area contributed by atoms with Crippen LogP contribution >= 0.6 is 0 Å². The molecule has 0 aliphatic carbocycles. The van der Waals surface area contributed by atoms with Crippen LogP contribution in [0.5, 0.6) is 0 Å². The number of rotatable bonds is 4. The van der Waals surface area contributed by atoms with E-state index in [1.807, 2.05) is 0 Å². The second-order valence-electron chi connectivity index (χ2n) is 1.52. The molecule has 0 rings (SSSR count). The summed E-state index contributed by atoms with van der Waals surface area (Å²) < 4.78 is 22.3. The van der Waals surface area contributed by atoms with Crippen molar-refractivity contribution in [3.05, 3.63) is 0 Å². The molecule has 0 atom stereocenters. The van der Waals surface area contributed by atoms with E-state index in [9.17, 15) is 8.96 Å². The summed E-state index contributed by atoms with van der Waals surface area (Å²) in [6.07, 6.45) is 1.15. The maximum Gasteiger partial charge on any atom is 0.0620 e. The first-order valence-electron chi connectivity index (χ1n) is 2.56. The van der Waals surface area contributed by atoms with Crippen LogP contribution in [0.15, 0.2) is 0 Å². The highest BCUT2D eigenvalue weighted by Crippen LogP contribution is 1.93. The number of hydrogen-bond acceptors (Lipinski definition) is 2. The second-order valence-corrected chi connectivity index (χ2v) is 1.52. The molecule has 50 valence electrons. The summed E-state index contributed by atoms with van der Waals surface area (Å²) in [6, 6.07) is 0. The van der Waals surface area contributed by atoms with E-state index in [1.54, 1.807) is 0 Å². The lowest BCUT2D eigenvalue weighted by Gasteiger charge is -1.96. The Labute approximate surface area is 47.1 Å². The fourth-order valence-electron chi connectivity index (χ4n) is 0.376. The van der Waals surface area contributed by atoms with Crippen LogP contribution in [0, 0.1) is 0 Å². The van der Waals surface area contributed by atoms with E-state index < -0.39 is 5.34 Å². The fraction of sp³-hybridized carbons (Fsp3) is 1.00. The van der Waals surface area contributed by atoms with Crippen LogP contribution < -0.4 is 5.73 Å². The minimum Gasteiger partial charge on any atom is -0.330 e. The van der Waals surface area contributed by atoms with Crippen LogP contribution in [0.25, 0.3) is 0 Å². The summed E-state index contributed by atoms with van der Waals surface area (Å²) in [6.45, 7) is 0.324. The van der Waals surface area contributed by atoms with Crippen LogP contribution in [-0.4, -0.2) is 18.4 Å². The highest BCUT2D eigenvalue weighted by Gasteiger charge is 1.95. The summed E-state index contributed by atoms with van der Waals surface area (Å²) in [7, 11) is 0. The monoisotopic (exact) mass is 124 g/mol. The van der Waals surface area contributed by atoms with Gasteiger partial charge in [0.1, 0.15) is 0 Å². The summed E-state index contributed by atoms with van der Waals surface area (Å²) in [4.78, 5) is 0. The lowest BCUT2D eigenvalue weighted by atomic mass is 10.3. The van der Waals surface area contributed by atoms with Crippen molar-refractivity contribution in [3.8, 4) is 0 Å². The molecule has 0 heterocycles. The van der Waals surface area contributed by atoms with Crippen molar-refractivity contribution in [2.75, 3.05) is 13.1 Å². The van der Waals surface area contributed by atoms with E-state index in [1.165, 1.54) is 0 Å². The average molecular weight is 124 g/mol. The van der Waals surface area contributed by atoms with E-state index in [2.05, 4.69) is 0 Å². The van der Waals surface area contributed by atoms with E-state index in [4.69, 9.17) is 5.73 Å². The lowest BCUT2D eigenvalue weighted by molar-refractivity contribution is -0.153. The summed E-state index contributed by atoms with van der Waals surface area (Å²) >= 11 is 0. The molecule has 4 heteroatoms. The molecule has 0 aliphatic rings. The van der Waals surface area contributed by atoms with Gasteiger partial charge < -0.3 is 5.73 Å². The number of nitrogens with zero attached hydrogens (tertiary/aromatic N) is 1. The van der Waals surface area contributed by atoms with Crippen molar-refractivity contribution in [2.24, 2.45) is 5.73 Å². The molecule has 0 bridgehead atoms. The summed E-state index contributed by atoms with van der Waals surface area (Å²) in [5.74, 6) is 0. The van der Waals surface area contributed by atoms with E-state index in [0.717, 1.165) is 0 Å². The molecule has 0 aromatic carbocycles. The van der Waals surface area contributed by atoms with Crippen LogP contribution in [0.4, 0.5) is 8.96 Å². The van der Waals surface area contributed by atoms with Gasteiger partial charge in [-0.15, -0.1) is 8.96 Å². The zero-order valence-electron chi connectivity index (χ0n) is 4.61. The number of unbranched alkanes of at least 4 members (excludes halogenated alkanes) is 1. The third kappa shape index (κ3) is 5.78. The minimum absolute atomic E-state index is 0.169. The van der Waals surface area contributed by atoms with Crippen molar-refractivity contribution >= 4 is 0 Å². The molecule has 0 aromatic rings. The summed E-state index contributed by atoms with van der Waals surface area (Å²) in [5.41, 5.74) is 5.05. The maximum absolute atomic E-state index is 11.2. The van der Waals surface area contributed by atoms with Gasteiger partial charge in [-0.05, 0) is 19.4 Å². The minimum atomic E-state index is -0.824. The molecule has 0 amide bonds. The predicted octanol–water partition coefficient (Wildman–Crippen LogP) is 0.796. The Bertz CT molecular complexity index is 49.3. The van der Waals surface area contributed by atoms with Crippen molar-refractivity contribution in [2.45, 2.75) is 12.8 Å². The van der Waals surface area contributed by atoms with Gasteiger partial charge in [0.2, 0.25) is 0 Å². The second kappa shape index (κ2) is 4.93. The van der Waals surface area contributed by atoms with Gasteiger partial charge in [0.15, 0.2) is 0 Å². The molecule has 8 heavy (non-hydrogen) atoms. The molecule has 2 nitrogen and oxygen atoms in total. The van der Waals surface area contributed by atoms with Gasteiger partial charge in [-0.2, -0.15) is 0 Å². The fourth-order valence-corrected chi connectivity index (χ4v) is 0.376. The standard InChI is InChI=1S/C4H10F2N2/c5-8(6)4-2-1-3-7/h1-4,7H2. The molecule has 0 radical (unpaired) electrons. The first-order chi connectivity index (χ1) is 3.77. The van der Waals surface area contributed by atoms with Crippen LogP contribution in [0.1, 0.15) is 12.8 Å². The van der Waals surface area contributed by atoms with Crippen molar-refractivity contribution < 1.29 is 8.96 Å². The molecular weight excluding hydrogens is 114 g/mol. The van der Waals surface area contributed by atoms with E-state index in [0.29, 0.717) is 19.4 Å². The molecule has 0 spiro atoms. The highest BCUT2D eigenvalue weighted by atomic mass is 19.4. The Morgan fingerprint density at radius 3 is 2.25 bits per heavy atom. The summed E-state index contributed by atoms with van der Waals surface area (Å²) in [5, 5.41) is -0.824. The third-order valence-corrected chi connectivity index (χ3v) is 0.781. The molecule has 0 aliphatic heterocycles. The highest BCUT2D eigenvalue weighted by molar-refractivity contribution is 4.39. The van der Waals surface area contributed by atoms with Crippen molar-refractivity contribution in [1.82, 2.24) is 5.34 Å². The van der Waals surface area contributed by atoms with Gasteiger partial charge in [0.25, 0.3) is 0 Å². The SMILES string of the molecule is NCCCCN(F)F. The molecule has 0 aromatic heterocycles. The average Bonchev–Trinajstić information content (AvgIpc) is 1.66. The Hall–Kier alpha value is -0.220. The molecule has 0 fully saturated rings. The number of nitrogens with two attached hydrogens (primary N) is 1. The van der Waals surface area contributed by atoms with Gasteiger partial charge >= 0.3 is 0 Å². The Kier molecular flexibility index (Phi) is 4.79. The van der Waals surface area contributed by atoms with Gasteiger partial charge in [0, 0.05) is 5.34 Å². The van der Waals surface area contributed by atoms with Crippen LogP contribution in [0.3, 0.4) is 0 Å². The quantitative estimate of drug-likeness (QED) is 0.443.